The summed E-state index contributed by atoms with van der Waals surface area (Å²) >= 11 is 0. The molecule has 0 aromatic carbocycles. The minimum Gasteiger partial charge on any atom is -0.370 e. The third-order valence-electron chi connectivity index (χ3n) is 4.15. The SMILES string of the molecule is CC(C)(C)C(CCN)CCc1nc(C2CCCO2)no1. The molecule has 1 aromatic rings. The van der Waals surface area contributed by atoms with Crippen LogP contribution in [0.15, 0.2) is 4.52 Å². The lowest BCUT2D eigenvalue weighted by Gasteiger charge is -2.30. The van der Waals surface area contributed by atoms with Crippen LogP contribution in [-0.2, 0) is 11.2 Å². The fraction of sp³-hybridized carbons (Fsp3) is 0.867. The Kier molecular flexibility index (Phi) is 5.16. The first-order valence-corrected chi connectivity index (χ1v) is 7.65. The highest BCUT2D eigenvalue weighted by molar-refractivity contribution is 4.93. The van der Waals surface area contributed by atoms with Gasteiger partial charge in [0, 0.05) is 13.0 Å². The molecule has 20 heavy (non-hydrogen) atoms. The molecule has 0 aliphatic carbocycles. The van der Waals surface area contributed by atoms with Crippen LogP contribution in [0.4, 0.5) is 0 Å². The van der Waals surface area contributed by atoms with Gasteiger partial charge in [-0.25, -0.2) is 0 Å². The second-order valence-electron chi connectivity index (χ2n) is 6.73. The van der Waals surface area contributed by atoms with E-state index in [1.807, 2.05) is 0 Å². The lowest BCUT2D eigenvalue weighted by Crippen LogP contribution is -2.24. The first kappa shape index (κ1) is 15.4. The quantitative estimate of drug-likeness (QED) is 0.867. The van der Waals surface area contributed by atoms with Crippen molar-refractivity contribution in [1.82, 2.24) is 10.1 Å². The summed E-state index contributed by atoms with van der Waals surface area (Å²) in [5.41, 5.74) is 5.97. The molecule has 2 atom stereocenters. The lowest BCUT2D eigenvalue weighted by molar-refractivity contribution is 0.103. The molecule has 1 aliphatic rings. The third kappa shape index (κ3) is 4.03. The number of ether oxygens (including phenoxy) is 1. The topological polar surface area (TPSA) is 74.2 Å². The third-order valence-corrected chi connectivity index (χ3v) is 4.15. The Bertz CT molecular complexity index is 405. The Hall–Kier alpha value is -0.940. The number of hydrogen-bond acceptors (Lipinski definition) is 5. The molecule has 0 amide bonds. The summed E-state index contributed by atoms with van der Waals surface area (Å²) in [5.74, 6) is 2.01. The van der Waals surface area contributed by atoms with Gasteiger partial charge in [-0.05, 0) is 43.6 Å². The summed E-state index contributed by atoms with van der Waals surface area (Å²) in [5, 5.41) is 4.05. The Morgan fingerprint density at radius 2 is 2.15 bits per heavy atom. The zero-order valence-electron chi connectivity index (χ0n) is 12.9. The average Bonchev–Trinajstić information content (AvgIpc) is 3.03. The maximum absolute atomic E-state index is 5.71. The Balaban J connectivity index is 1.89. The van der Waals surface area contributed by atoms with E-state index in [9.17, 15) is 0 Å². The molecule has 1 aromatic heterocycles. The maximum Gasteiger partial charge on any atom is 0.226 e. The van der Waals surface area contributed by atoms with E-state index in [0.29, 0.717) is 11.7 Å². The highest BCUT2D eigenvalue weighted by Gasteiger charge is 2.26. The zero-order chi connectivity index (χ0) is 14.6. The van der Waals surface area contributed by atoms with Crippen LogP contribution in [0.3, 0.4) is 0 Å². The van der Waals surface area contributed by atoms with Crippen molar-refractivity contribution < 1.29 is 9.26 Å². The first-order valence-electron chi connectivity index (χ1n) is 7.65. The van der Waals surface area contributed by atoms with Gasteiger partial charge in [0.25, 0.3) is 0 Å². The van der Waals surface area contributed by atoms with E-state index in [4.69, 9.17) is 15.0 Å². The van der Waals surface area contributed by atoms with Crippen molar-refractivity contribution in [3.63, 3.8) is 0 Å². The van der Waals surface area contributed by atoms with Crippen LogP contribution in [0, 0.1) is 11.3 Å². The summed E-state index contributed by atoms with van der Waals surface area (Å²) in [7, 11) is 0. The van der Waals surface area contributed by atoms with Crippen molar-refractivity contribution in [1.29, 1.82) is 0 Å². The minimum atomic E-state index is 0.0370. The van der Waals surface area contributed by atoms with Crippen molar-refractivity contribution in [2.75, 3.05) is 13.2 Å². The molecule has 5 heteroatoms. The van der Waals surface area contributed by atoms with E-state index in [-0.39, 0.29) is 11.5 Å². The van der Waals surface area contributed by atoms with E-state index in [1.165, 1.54) is 0 Å². The molecule has 2 heterocycles. The maximum atomic E-state index is 5.71. The van der Waals surface area contributed by atoms with Crippen LogP contribution in [0.1, 0.15) is 64.3 Å². The van der Waals surface area contributed by atoms with Crippen LogP contribution < -0.4 is 5.73 Å². The Labute approximate surface area is 121 Å². The highest BCUT2D eigenvalue weighted by Crippen LogP contribution is 2.32. The van der Waals surface area contributed by atoms with Gasteiger partial charge >= 0.3 is 0 Å². The molecular weight excluding hydrogens is 254 g/mol. The van der Waals surface area contributed by atoms with Crippen molar-refractivity contribution in [2.24, 2.45) is 17.1 Å². The molecule has 5 nitrogen and oxygen atoms in total. The van der Waals surface area contributed by atoms with Gasteiger partial charge in [0.15, 0.2) is 0 Å². The summed E-state index contributed by atoms with van der Waals surface area (Å²) in [6.07, 6.45) is 5.01. The lowest BCUT2D eigenvalue weighted by atomic mass is 9.76. The molecule has 0 bridgehead atoms. The van der Waals surface area contributed by atoms with Gasteiger partial charge < -0.3 is 15.0 Å². The van der Waals surface area contributed by atoms with E-state index >= 15 is 0 Å². The average molecular weight is 281 g/mol. The molecule has 1 fully saturated rings. The summed E-state index contributed by atoms with van der Waals surface area (Å²) in [6.45, 7) is 8.32. The molecule has 2 unspecified atom stereocenters. The number of aryl methyl sites for hydroxylation is 1. The Morgan fingerprint density at radius 1 is 1.35 bits per heavy atom. The van der Waals surface area contributed by atoms with Gasteiger partial charge in [0.1, 0.15) is 6.10 Å². The zero-order valence-corrected chi connectivity index (χ0v) is 12.9. The van der Waals surface area contributed by atoms with E-state index in [2.05, 4.69) is 30.9 Å². The van der Waals surface area contributed by atoms with Crippen LogP contribution in [0.25, 0.3) is 0 Å². The molecule has 2 rings (SSSR count). The molecule has 0 radical (unpaired) electrons. The summed E-state index contributed by atoms with van der Waals surface area (Å²) < 4.78 is 10.9. The van der Waals surface area contributed by atoms with Gasteiger partial charge in [-0.1, -0.05) is 25.9 Å². The second kappa shape index (κ2) is 6.68. The fourth-order valence-corrected chi connectivity index (χ4v) is 2.79. The smallest absolute Gasteiger partial charge is 0.226 e. The predicted octanol–water partition coefficient (Wildman–Crippen LogP) is 2.86. The van der Waals surface area contributed by atoms with Crippen LogP contribution >= 0.6 is 0 Å². The van der Waals surface area contributed by atoms with Crippen LogP contribution in [0.2, 0.25) is 0 Å². The first-order chi connectivity index (χ1) is 9.50. The molecule has 2 N–H and O–H groups in total. The largest absolute Gasteiger partial charge is 0.370 e. The molecule has 0 saturated carbocycles. The van der Waals surface area contributed by atoms with E-state index in [0.717, 1.165) is 51.1 Å². The standard InChI is InChI=1S/C15H27N3O2/c1-15(2,3)11(8-9-16)6-7-13-17-14(18-20-13)12-5-4-10-19-12/h11-12H,4-10,16H2,1-3H3. The number of aromatic nitrogens is 2. The monoisotopic (exact) mass is 281 g/mol. The van der Waals surface area contributed by atoms with Gasteiger partial charge in [-0.3, -0.25) is 0 Å². The molecule has 1 aliphatic heterocycles. The van der Waals surface area contributed by atoms with E-state index < -0.39 is 0 Å². The van der Waals surface area contributed by atoms with Gasteiger partial charge in [0.05, 0.1) is 0 Å². The molecule has 114 valence electrons. The second-order valence-corrected chi connectivity index (χ2v) is 6.73. The normalized spacial score (nSPS) is 21.3. The number of hydrogen-bond donors (Lipinski definition) is 1. The predicted molar refractivity (Wildman–Crippen MR) is 77.2 cm³/mol. The molecule has 0 spiro atoms. The van der Waals surface area contributed by atoms with Gasteiger partial charge in [0.2, 0.25) is 11.7 Å². The molecule has 1 saturated heterocycles. The number of rotatable bonds is 6. The van der Waals surface area contributed by atoms with Crippen molar-refractivity contribution >= 4 is 0 Å². The van der Waals surface area contributed by atoms with Crippen LogP contribution in [0.5, 0.6) is 0 Å². The van der Waals surface area contributed by atoms with Crippen molar-refractivity contribution in [2.45, 2.75) is 59.0 Å². The number of nitrogens with zero attached hydrogens (tertiary/aromatic N) is 2. The fourth-order valence-electron chi connectivity index (χ4n) is 2.79. The van der Waals surface area contributed by atoms with Gasteiger partial charge in [-0.2, -0.15) is 4.98 Å². The summed E-state index contributed by atoms with van der Waals surface area (Å²) in [6, 6.07) is 0. The van der Waals surface area contributed by atoms with Crippen molar-refractivity contribution in [3.05, 3.63) is 11.7 Å². The highest BCUT2D eigenvalue weighted by atomic mass is 16.5. The van der Waals surface area contributed by atoms with Gasteiger partial charge in [-0.15, -0.1) is 0 Å². The molecular formula is C15H27N3O2. The minimum absolute atomic E-state index is 0.0370. The van der Waals surface area contributed by atoms with E-state index in [1.54, 1.807) is 0 Å². The number of nitrogens with two attached hydrogens (primary N) is 1. The van der Waals surface area contributed by atoms with Crippen LogP contribution in [-0.4, -0.2) is 23.3 Å². The summed E-state index contributed by atoms with van der Waals surface area (Å²) in [4.78, 5) is 4.47. The Morgan fingerprint density at radius 3 is 2.75 bits per heavy atom. The van der Waals surface area contributed by atoms with Crippen molar-refractivity contribution in [3.8, 4) is 0 Å².